The van der Waals surface area contributed by atoms with Gasteiger partial charge in [0.25, 0.3) is 0 Å². The van der Waals surface area contributed by atoms with Crippen molar-refractivity contribution >= 4 is 23.9 Å². The molecule has 1 aromatic rings. The van der Waals surface area contributed by atoms with E-state index < -0.39 is 5.97 Å². The summed E-state index contributed by atoms with van der Waals surface area (Å²) in [6.45, 7) is 4.78. The molecule has 0 fully saturated rings. The van der Waals surface area contributed by atoms with Crippen molar-refractivity contribution in [3.05, 3.63) is 24.0 Å². The molecule has 0 aliphatic rings. The standard InChI is InChI=1S/C13H18N2O2S/c1-10(2)18-12-5-3-8-15-11(12)9-14-7-4-6-13(16)17/h3,5,8-10H,4,6-7H2,1-2H3,(H,16,17)/b14-9+. The zero-order valence-electron chi connectivity index (χ0n) is 10.7. The van der Waals surface area contributed by atoms with E-state index in [0.717, 1.165) is 10.6 Å². The molecule has 0 atom stereocenters. The second-order valence-electron chi connectivity index (χ2n) is 4.09. The summed E-state index contributed by atoms with van der Waals surface area (Å²) < 4.78 is 0. The molecule has 1 rings (SSSR count). The van der Waals surface area contributed by atoms with E-state index in [1.54, 1.807) is 24.2 Å². The molecule has 1 heterocycles. The Bertz CT molecular complexity index is 419. The molecule has 1 N–H and O–H groups in total. The van der Waals surface area contributed by atoms with Gasteiger partial charge in [0.05, 0.1) is 5.69 Å². The molecule has 1 aromatic heterocycles. The van der Waals surface area contributed by atoms with Gasteiger partial charge in [-0.25, -0.2) is 0 Å². The third kappa shape index (κ3) is 5.82. The number of aliphatic carboxylic acids is 1. The molecular weight excluding hydrogens is 248 g/mol. The molecule has 0 bridgehead atoms. The molecule has 5 heteroatoms. The smallest absolute Gasteiger partial charge is 0.303 e. The summed E-state index contributed by atoms with van der Waals surface area (Å²) >= 11 is 1.75. The number of thioether (sulfide) groups is 1. The Kier molecular flexibility index (Phi) is 6.43. The average Bonchev–Trinajstić information content (AvgIpc) is 2.29. The van der Waals surface area contributed by atoms with E-state index in [2.05, 4.69) is 23.8 Å². The monoisotopic (exact) mass is 266 g/mol. The lowest BCUT2D eigenvalue weighted by Crippen LogP contribution is -1.97. The van der Waals surface area contributed by atoms with Crippen LogP contribution in [0.15, 0.2) is 28.2 Å². The van der Waals surface area contributed by atoms with Gasteiger partial charge in [-0.1, -0.05) is 13.8 Å². The van der Waals surface area contributed by atoms with E-state index in [-0.39, 0.29) is 6.42 Å². The Balaban J connectivity index is 2.55. The fourth-order valence-electron chi connectivity index (χ4n) is 1.33. The molecule has 98 valence electrons. The highest BCUT2D eigenvalue weighted by molar-refractivity contribution is 8.00. The van der Waals surface area contributed by atoms with Gasteiger partial charge in [0.1, 0.15) is 0 Å². The first kappa shape index (κ1) is 14.7. The molecule has 18 heavy (non-hydrogen) atoms. The third-order valence-corrected chi connectivity index (χ3v) is 3.12. The van der Waals surface area contributed by atoms with Crippen LogP contribution in [0.1, 0.15) is 32.4 Å². The van der Waals surface area contributed by atoms with Crippen LogP contribution in [0.4, 0.5) is 0 Å². The van der Waals surface area contributed by atoms with Crippen molar-refractivity contribution in [2.45, 2.75) is 36.8 Å². The van der Waals surface area contributed by atoms with Crippen LogP contribution in [0.5, 0.6) is 0 Å². The molecule has 0 amide bonds. The van der Waals surface area contributed by atoms with Crippen molar-refractivity contribution in [1.29, 1.82) is 0 Å². The van der Waals surface area contributed by atoms with Gasteiger partial charge >= 0.3 is 5.97 Å². The van der Waals surface area contributed by atoms with Crippen LogP contribution in [0.25, 0.3) is 0 Å². The highest BCUT2D eigenvalue weighted by Gasteiger charge is 2.03. The summed E-state index contributed by atoms with van der Waals surface area (Å²) in [5.74, 6) is -0.779. The van der Waals surface area contributed by atoms with Crippen LogP contribution >= 0.6 is 11.8 Å². The lowest BCUT2D eigenvalue weighted by atomic mass is 10.3. The van der Waals surface area contributed by atoms with Gasteiger partial charge < -0.3 is 5.11 Å². The van der Waals surface area contributed by atoms with E-state index >= 15 is 0 Å². The number of carboxylic acids is 1. The number of pyridine rings is 1. The highest BCUT2D eigenvalue weighted by Crippen LogP contribution is 2.24. The third-order valence-electron chi connectivity index (χ3n) is 2.05. The maximum absolute atomic E-state index is 10.3. The lowest BCUT2D eigenvalue weighted by Gasteiger charge is -2.06. The van der Waals surface area contributed by atoms with Crippen LogP contribution in [0.3, 0.4) is 0 Å². The lowest BCUT2D eigenvalue weighted by molar-refractivity contribution is -0.137. The maximum Gasteiger partial charge on any atom is 0.303 e. The minimum Gasteiger partial charge on any atom is -0.481 e. The van der Waals surface area contributed by atoms with Crippen LogP contribution < -0.4 is 0 Å². The van der Waals surface area contributed by atoms with Gasteiger partial charge in [0, 0.05) is 35.5 Å². The number of rotatable bonds is 7. The molecule has 0 unspecified atom stereocenters. The minimum atomic E-state index is -0.779. The predicted molar refractivity (Wildman–Crippen MR) is 74.6 cm³/mol. The number of aliphatic imine (C=N–C) groups is 1. The van der Waals surface area contributed by atoms with Crippen molar-refractivity contribution in [2.24, 2.45) is 4.99 Å². The summed E-state index contributed by atoms with van der Waals surface area (Å²) in [6, 6.07) is 3.93. The van der Waals surface area contributed by atoms with Crippen LogP contribution in [-0.2, 0) is 4.79 Å². The van der Waals surface area contributed by atoms with Gasteiger partial charge in [-0.15, -0.1) is 11.8 Å². The normalized spacial score (nSPS) is 11.3. The SMILES string of the molecule is CC(C)Sc1cccnc1/C=N/CCCC(=O)O. The van der Waals surface area contributed by atoms with Crippen molar-refractivity contribution in [1.82, 2.24) is 4.98 Å². The van der Waals surface area contributed by atoms with Crippen molar-refractivity contribution in [2.75, 3.05) is 6.54 Å². The van der Waals surface area contributed by atoms with Crippen LogP contribution in [0.2, 0.25) is 0 Å². The molecule has 0 saturated carbocycles. The van der Waals surface area contributed by atoms with E-state index in [9.17, 15) is 4.79 Å². The van der Waals surface area contributed by atoms with Gasteiger partial charge in [-0.05, 0) is 18.6 Å². The Morgan fingerprint density at radius 2 is 2.39 bits per heavy atom. The van der Waals surface area contributed by atoms with Crippen LogP contribution in [-0.4, -0.2) is 34.1 Å². The number of carboxylic acid groups (broad SMARTS) is 1. The topological polar surface area (TPSA) is 62.5 Å². The number of nitrogens with zero attached hydrogens (tertiary/aromatic N) is 2. The Hall–Kier alpha value is -1.36. The van der Waals surface area contributed by atoms with Gasteiger partial charge in [-0.3, -0.25) is 14.8 Å². The molecule has 0 aliphatic carbocycles. The van der Waals surface area contributed by atoms with Gasteiger partial charge in [0.2, 0.25) is 0 Å². The van der Waals surface area contributed by atoms with Crippen molar-refractivity contribution in [3.8, 4) is 0 Å². The zero-order chi connectivity index (χ0) is 13.4. The zero-order valence-corrected chi connectivity index (χ0v) is 11.5. The van der Waals surface area contributed by atoms with Crippen molar-refractivity contribution < 1.29 is 9.90 Å². The summed E-state index contributed by atoms with van der Waals surface area (Å²) in [7, 11) is 0. The fourth-order valence-corrected chi connectivity index (χ4v) is 2.22. The Morgan fingerprint density at radius 3 is 3.06 bits per heavy atom. The maximum atomic E-state index is 10.3. The van der Waals surface area contributed by atoms with Gasteiger partial charge in [0.15, 0.2) is 0 Å². The minimum absolute atomic E-state index is 0.160. The largest absolute Gasteiger partial charge is 0.481 e. The molecule has 4 nitrogen and oxygen atoms in total. The van der Waals surface area contributed by atoms with E-state index in [4.69, 9.17) is 5.11 Å². The number of hydrogen-bond acceptors (Lipinski definition) is 4. The van der Waals surface area contributed by atoms with Crippen molar-refractivity contribution in [3.63, 3.8) is 0 Å². The number of hydrogen-bond donors (Lipinski definition) is 1. The van der Waals surface area contributed by atoms with E-state index in [1.807, 2.05) is 12.1 Å². The first-order chi connectivity index (χ1) is 8.59. The summed E-state index contributed by atoms with van der Waals surface area (Å²) in [4.78, 5) is 19.9. The average molecular weight is 266 g/mol. The second-order valence-corrected chi connectivity index (χ2v) is 5.70. The van der Waals surface area contributed by atoms with Gasteiger partial charge in [-0.2, -0.15) is 0 Å². The first-order valence-electron chi connectivity index (χ1n) is 5.93. The van der Waals surface area contributed by atoms with Crippen LogP contribution in [0, 0.1) is 0 Å². The Labute approximate surface area is 112 Å². The molecule has 0 aliphatic heterocycles. The van der Waals surface area contributed by atoms with E-state index in [1.165, 1.54) is 0 Å². The second kappa shape index (κ2) is 7.87. The fraction of sp³-hybridized carbons (Fsp3) is 0.462. The summed E-state index contributed by atoms with van der Waals surface area (Å²) in [5.41, 5.74) is 0.853. The summed E-state index contributed by atoms with van der Waals surface area (Å²) in [5, 5.41) is 9.00. The molecule has 0 radical (unpaired) electrons. The quantitative estimate of drug-likeness (QED) is 0.468. The first-order valence-corrected chi connectivity index (χ1v) is 6.81. The predicted octanol–water partition coefficient (Wildman–Crippen LogP) is 2.87. The molecular formula is C13H18N2O2S. The summed E-state index contributed by atoms with van der Waals surface area (Å²) in [6.07, 6.45) is 4.19. The molecule has 0 aromatic carbocycles. The Morgan fingerprint density at radius 1 is 1.61 bits per heavy atom. The van der Waals surface area contributed by atoms with E-state index in [0.29, 0.717) is 18.2 Å². The molecule has 0 spiro atoms. The number of aromatic nitrogens is 1. The number of carbonyl (C=O) groups is 1. The highest BCUT2D eigenvalue weighted by atomic mass is 32.2. The molecule has 0 saturated heterocycles.